The van der Waals surface area contributed by atoms with Gasteiger partial charge in [0.05, 0.1) is 26.2 Å². The molecule has 0 saturated heterocycles. The van der Waals surface area contributed by atoms with Crippen LogP contribution in [0.1, 0.15) is 45.8 Å². The molecule has 2 aromatic carbocycles. The number of amides is 1. The maximum Gasteiger partial charge on any atom is 0.417 e. The number of hydrogen-bond donors (Lipinski definition) is 1. The normalized spacial score (nSPS) is 16.0. The van der Waals surface area contributed by atoms with E-state index in [1.807, 2.05) is 0 Å². The minimum absolute atomic E-state index is 0.106. The Morgan fingerprint density at radius 1 is 1.00 bits per heavy atom. The van der Waals surface area contributed by atoms with E-state index in [9.17, 15) is 35.5 Å². The molecule has 1 fully saturated rings. The molecule has 0 spiro atoms. The molecule has 33 heavy (non-hydrogen) atoms. The Bertz CT molecular complexity index is 1090. The van der Waals surface area contributed by atoms with Crippen molar-refractivity contribution in [3.05, 3.63) is 73.7 Å². The first-order chi connectivity index (χ1) is 15.2. The van der Waals surface area contributed by atoms with E-state index in [1.165, 1.54) is 0 Å². The van der Waals surface area contributed by atoms with Crippen molar-refractivity contribution >= 4 is 46.5 Å². The molecule has 12 heteroatoms. The lowest BCUT2D eigenvalue weighted by molar-refractivity contribution is -0.140. The summed E-state index contributed by atoms with van der Waals surface area (Å²) >= 11 is 17.3. The van der Waals surface area contributed by atoms with Crippen molar-refractivity contribution in [2.24, 2.45) is 0 Å². The van der Waals surface area contributed by atoms with Gasteiger partial charge in [-0.25, -0.2) is 4.39 Å². The number of halogens is 10. The summed E-state index contributed by atoms with van der Waals surface area (Å²) in [5.74, 6) is -5.17. The maximum absolute atomic E-state index is 14.8. The van der Waals surface area contributed by atoms with E-state index in [0.29, 0.717) is 18.9 Å². The lowest BCUT2D eigenvalue weighted by Gasteiger charge is -2.19. The molecule has 1 atom stereocenters. The molecule has 1 aliphatic rings. The Morgan fingerprint density at radius 3 is 2.06 bits per heavy atom. The summed E-state index contributed by atoms with van der Waals surface area (Å²) in [6.07, 6.45) is -8.72. The van der Waals surface area contributed by atoms with Gasteiger partial charge in [-0.05, 0) is 48.7 Å². The van der Waals surface area contributed by atoms with E-state index < -0.39 is 52.3 Å². The fourth-order valence-electron chi connectivity index (χ4n) is 2.99. The van der Waals surface area contributed by atoms with Crippen LogP contribution in [0, 0.1) is 0 Å². The summed E-state index contributed by atoms with van der Waals surface area (Å²) < 4.78 is 96.3. The standard InChI is InChI=1S/C21H13Cl3F7NO/c22-15-6-10(7-16(23)18(15)24)13(20(26,27)28)8-17(25)9-1-4-12(14(5-9)21(29,30)31)19(33)32-11-2-3-11/h1,4-8,11,13H,2-3H2,(H,32,33)/b17-8-. The predicted octanol–water partition coefficient (Wildman–Crippen LogP) is 8.21. The molecule has 178 valence electrons. The molecule has 0 bridgehead atoms. The highest BCUT2D eigenvalue weighted by molar-refractivity contribution is 6.48. The van der Waals surface area contributed by atoms with Crippen molar-refractivity contribution < 1.29 is 35.5 Å². The summed E-state index contributed by atoms with van der Waals surface area (Å²) in [4.78, 5) is 12.1. The smallest absolute Gasteiger partial charge is 0.349 e. The SMILES string of the molecule is O=C(NC1CC1)c1ccc(/C(F)=C/C(c2cc(Cl)c(Cl)c(Cl)c2)C(F)(F)F)cc1C(F)(F)F. The monoisotopic (exact) mass is 533 g/mol. The van der Waals surface area contributed by atoms with Gasteiger partial charge in [-0.3, -0.25) is 4.79 Å². The van der Waals surface area contributed by atoms with Gasteiger partial charge in [0.2, 0.25) is 0 Å². The number of carbonyl (C=O) groups is 1. The van der Waals surface area contributed by atoms with E-state index in [0.717, 1.165) is 24.3 Å². The molecule has 1 unspecified atom stereocenters. The second-order valence-electron chi connectivity index (χ2n) is 7.34. The zero-order valence-electron chi connectivity index (χ0n) is 16.2. The van der Waals surface area contributed by atoms with Gasteiger partial charge in [0.25, 0.3) is 5.91 Å². The summed E-state index contributed by atoms with van der Waals surface area (Å²) in [5.41, 5.74) is -3.57. The number of carbonyl (C=O) groups excluding carboxylic acids is 1. The quantitative estimate of drug-likeness (QED) is 0.304. The minimum atomic E-state index is -5.05. The first-order valence-corrected chi connectivity index (χ1v) is 10.4. The number of allylic oxidation sites excluding steroid dienone is 1. The van der Waals surface area contributed by atoms with Crippen LogP contribution < -0.4 is 5.32 Å². The second-order valence-corrected chi connectivity index (χ2v) is 8.53. The van der Waals surface area contributed by atoms with Crippen molar-refractivity contribution in [3.63, 3.8) is 0 Å². The zero-order chi connectivity index (χ0) is 24.7. The van der Waals surface area contributed by atoms with Crippen LogP contribution in [0.15, 0.2) is 36.4 Å². The van der Waals surface area contributed by atoms with E-state index in [1.54, 1.807) is 0 Å². The molecule has 0 aliphatic heterocycles. The summed E-state index contributed by atoms with van der Waals surface area (Å²) in [6.45, 7) is 0. The van der Waals surface area contributed by atoms with Gasteiger partial charge in [0, 0.05) is 11.6 Å². The molecular formula is C21H13Cl3F7NO. The van der Waals surface area contributed by atoms with E-state index >= 15 is 0 Å². The molecule has 1 aliphatic carbocycles. The molecular weight excluding hydrogens is 522 g/mol. The van der Waals surface area contributed by atoms with Crippen molar-refractivity contribution in [2.75, 3.05) is 0 Å². The number of nitrogens with one attached hydrogen (secondary N) is 1. The molecule has 2 nitrogen and oxygen atoms in total. The molecule has 0 heterocycles. The predicted molar refractivity (Wildman–Crippen MR) is 111 cm³/mol. The molecule has 2 aromatic rings. The fourth-order valence-corrected chi connectivity index (χ4v) is 3.61. The highest BCUT2D eigenvalue weighted by atomic mass is 35.5. The molecule has 0 aromatic heterocycles. The van der Waals surface area contributed by atoms with Crippen LogP contribution in [-0.2, 0) is 6.18 Å². The van der Waals surface area contributed by atoms with Crippen LogP contribution >= 0.6 is 34.8 Å². The van der Waals surface area contributed by atoms with Gasteiger partial charge < -0.3 is 5.32 Å². The Balaban J connectivity index is 2.04. The molecule has 1 amide bonds. The van der Waals surface area contributed by atoms with Crippen molar-refractivity contribution in [2.45, 2.75) is 37.2 Å². The Kier molecular flexibility index (Phi) is 7.27. The molecule has 1 saturated carbocycles. The van der Waals surface area contributed by atoms with E-state index in [2.05, 4.69) is 5.32 Å². The second kappa shape index (κ2) is 9.35. The Morgan fingerprint density at radius 2 is 1.58 bits per heavy atom. The number of benzene rings is 2. The van der Waals surface area contributed by atoms with Crippen LogP contribution in [-0.4, -0.2) is 18.1 Å². The topological polar surface area (TPSA) is 29.1 Å². The van der Waals surface area contributed by atoms with Gasteiger partial charge in [0.15, 0.2) is 0 Å². The van der Waals surface area contributed by atoms with E-state index in [4.69, 9.17) is 34.8 Å². The molecule has 0 radical (unpaired) electrons. The molecule has 1 N–H and O–H groups in total. The van der Waals surface area contributed by atoms with Crippen molar-refractivity contribution in [1.82, 2.24) is 5.32 Å². The van der Waals surface area contributed by atoms with Crippen LogP contribution in [0.3, 0.4) is 0 Å². The minimum Gasteiger partial charge on any atom is -0.349 e. The summed E-state index contributed by atoms with van der Waals surface area (Å²) in [7, 11) is 0. The van der Waals surface area contributed by atoms with Gasteiger partial charge in [-0.1, -0.05) is 40.9 Å². The van der Waals surface area contributed by atoms with Crippen LogP contribution in [0.4, 0.5) is 30.7 Å². The fraction of sp³-hybridized carbons (Fsp3) is 0.286. The van der Waals surface area contributed by atoms with Gasteiger partial charge in [-0.15, -0.1) is 0 Å². The number of hydrogen-bond acceptors (Lipinski definition) is 1. The Hall–Kier alpha value is -1.97. The first kappa shape index (κ1) is 25.6. The third-order valence-electron chi connectivity index (χ3n) is 4.79. The summed E-state index contributed by atoms with van der Waals surface area (Å²) in [5, 5.41) is 1.56. The van der Waals surface area contributed by atoms with Crippen LogP contribution in [0.2, 0.25) is 15.1 Å². The van der Waals surface area contributed by atoms with Gasteiger partial charge in [0.1, 0.15) is 11.7 Å². The van der Waals surface area contributed by atoms with Gasteiger partial charge in [-0.2, -0.15) is 26.3 Å². The average Bonchev–Trinajstić information content (AvgIpc) is 3.51. The van der Waals surface area contributed by atoms with Crippen LogP contribution in [0.25, 0.3) is 5.83 Å². The highest BCUT2D eigenvalue weighted by Gasteiger charge is 2.41. The first-order valence-electron chi connectivity index (χ1n) is 9.29. The van der Waals surface area contributed by atoms with Crippen molar-refractivity contribution in [3.8, 4) is 0 Å². The average molecular weight is 535 g/mol. The Labute approximate surface area is 198 Å². The van der Waals surface area contributed by atoms with Gasteiger partial charge >= 0.3 is 12.4 Å². The van der Waals surface area contributed by atoms with Crippen LogP contribution in [0.5, 0.6) is 0 Å². The van der Waals surface area contributed by atoms with E-state index in [-0.39, 0.29) is 27.2 Å². The third-order valence-corrected chi connectivity index (χ3v) is 5.99. The number of rotatable bonds is 5. The summed E-state index contributed by atoms with van der Waals surface area (Å²) in [6, 6.07) is 3.26. The largest absolute Gasteiger partial charge is 0.417 e. The number of alkyl halides is 6. The lowest BCUT2D eigenvalue weighted by atomic mass is 9.95. The highest BCUT2D eigenvalue weighted by Crippen LogP contribution is 2.42. The lowest BCUT2D eigenvalue weighted by Crippen LogP contribution is -2.28. The zero-order valence-corrected chi connectivity index (χ0v) is 18.5. The maximum atomic E-state index is 14.8. The van der Waals surface area contributed by atoms with Crippen molar-refractivity contribution in [1.29, 1.82) is 0 Å². The molecule has 3 rings (SSSR count). The third kappa shape index (κ3) is 6.13.